The number of ether oxygens (including phenoxy) is 4. The number of methoxy groups -OCH3 is 2. The molecule has 2 aromatic carbocycles. The Morgan fingerprint density at radius 3 is 2.24 bits per heavy atom. The number of carbonyl (C=O) groups excluding carboxylic acids is 1. The van der Waals surface area contributed by atoms with Gasteiger partial charge in [0.1, 0.15) is 23.9 Å². The van der Waals surface area contributed by atoms with Crippen LogP contribution in [0.15, 0.2) is 30.3 Å². The minimum absolute atomic E-state index is 0.0917. The van der Waals surface area contributed by atoms with Crippen molar-refractivity contribution >= 4 is 5.97 Å². The summed E-state index contributed by atoms with van der Waals surface area (Å²) in [6.45, 7) is 5.90. The van der Waals surface area contributed by atoms with E-state index >= 15 is 0 Å². The lowest BCUT2D eigenvalue weighted by atomic mass is 10.1. The molecule has 0 saturated carbocycles. The zero-order valence-corrected chi connectivity index (χ0v) is 15.3. The maximum atomic E-state index is 12.0. The van der Waals surface area contributed by atoms with Crippen LogP contribution in [0.3, 0.4) is 0 Å². The highest BCUT2D eigenvalue weighted by Crippen LogP contribution is 2.26. The smallest absolute Gasteiger partial charge is 0.344 e. The predicted molar refractivity (Wildman–Crippen MR) is 95.5 cm³/mol. The molecule has 0 amide bonds. The standard InChI is InChI=1S/C20H24O5/c1-13-8-14(2)20(15(3)9-13)25-12-19(21)24-11-16-10-17(22-4)6-7-18(16)23-5/h6-10H,11-12H2,1-5H3. The molecule has 0 heterocycles. The zero-order chi connectivity index (χ0) is 18.4. The molecular formula is C20H24O5. The summed E-state index contributed by atoms with van der Waals surface area (Å²) in [6.07, 6.45) is 0. The maximum Gasteiger partial charge on any atom is 0.344 e. The lowest BCUT2D eigenvalue weighted by Crippen LogP contribution is -2.16. The van der Waals surface area contributed by atoms with Gasteiger partial charge in [-0.1, -0.05) is 17.7 Å². The van der Waals surface area contributed by atoms with E-state index in [0.29, 0.717) is 11.5 Å². The molecule has 25 heavy (non-hydrogen) atoms. The predicted octanol–water partition coefficient (Wildman–Crippen LogP) is 3.75. The normalized spacial score (nSPS) is 10.3. The monoisotopic (exact) mass is 344 g/mol. The fourth-order valence-corrected chi connectivity index (χ4v) is 2.72. The Labute approximate surface area is 148 Å². The van der Waals surface area contributed by atoms with Gasteiger partial charge in [-0.2, -0.15) is 0 Å². The van der Waals surface area contributed by atoms with Crippen LogP contribution in [0.4, 0.5) is 0 Å². The molecule has 0 fully saturated rings. The summed E-state index contributed by atoms with van der Waals surface area (Å²) in [7, 11) is 3.15. The Hall–Kier alpha value is -2.69. The van der Waals surface area contributed by atoms with Crippen LogP contribution >= 0.6 is 0 Å². The van der Waals surface area contributed by atoms with E-state index in [4.69, 9.17) is 18.9 Å². The second-order valence-corrected chi connectivity index (χ2v) is 5.85. The molecule has 2 rings (SSSR count). The van der Waals surface area contributed by atoms with Crippen molar-refractivity contribution in [1.82, 2.24) is 0 Å². The van der Waals surface area contributed by atoms with E-state index in [1.54, 1.807) is 32.4 Å². The van der Waals surface area contributed by atoms with E-state index in [-0.39, 0.29) is 13.2 Å². The first-order valence-electron chi connectivity index (χ1n) is 8.01. The molecule has 0 aliphatic rings. The summed E-state index contributed by atoms with van der Waals surface area (Å²) < 4.78 is 21.4. The fraction of sp³-hybridized carbons (Fsp3) is 0.350. The van der Waals surface area contributed by atoms with Crippen molar-refractivity contribution in [3.8, 4) is 17.2 Å². The van der Waals surface area contributed by atoms with Crippen LogP contribution in [0.5, 0.6) is 17.2 Å². The van der Waals surface area contributed by atoms with Crippen molar-refractivity contribution in [2.24, 2.45) is 0 Å². The van der Waals surface area contributed by atoms with Crippen molar-refractivity contribution < 1.29 is 23.7 Å². The molecule has 0 N–H and O–H groups in total. The SMILES string of the molecule is COc1ccc(OC)c(COC(=O)COc2c(C)cc(C)cc2C)c1. The van der Waals surface area contributed by atoms with Gasteiger partial charge >= 0.3 is 5.97 Å². The third-order valence-electron chi connectivity index (χ3n) is 3.82. The van der Waals surface area contributed by atoms with Gasteiger partial charge in [-0.25, -0.2) is 4.79 Å². The number of esters is 1. The molecule has 0 aromatic heterocycles. The molecule has 0 aliphatic heterocycles. The van der Waals surface area contributed by atoms with Gasteiger partial charge in [-0.15, -0.1) is 0 Å². The van der Waals surface area contributed by atoms with Crippen molar-refractivity contribution in [2.75, 3.05) is 20.8 Å². The molecular weight excluding hydrogens is 320 g/mol. The number of benzene rings is 2. The average molecular weight is 344 g/mol. The minimum atomic E-state index is -0.441. The third kappa shape index (κ3) is 4.89. The van der Waals surface area contributed by atoms with Gasteiger partial charge in [-0.05, 0) is 50.1 Å². The molecule has 0 saturated heterocycles. The van der Waals surface area contributed by atoms with Crippen LogP contribution in [0.1, 0.15) is 22.3 Å². The highest BCUT2D eigenvalue weighted by atomic mass is 16.6. The number of rotatable bonds is 7. The first-order chi connectivity index (χ1) is 11.9. The summed E-state index contributed by atoms with van der Waals surface area (Å²) in [5.41, 5.74) is 3.90. The summed E-state index contributed by atoms with van der Waals surface area (Å²) in [4.78, 5) is 12.0. The second-order valence-electron chi connectivity index (χ2n) is 5.85. The lowest BCUT2D eigenvalue weighted by molar-refractivity contribution is -0.147. The fourth-order valence-electron chi connectivity index (χ4n) is 2.72. The van der Waals surface area contributed by atoms with Crippen molar-refractivity contribution in [3.05, 3.63) is 52.6 Å². The van der Waals surface area contributed by atoms with Crippen LogP contribution in [-0.2, 0) is 16.1 Å². The Kier molecular flexibility index (Phi) is 6.28. The van der Waals surface area contributed by atoms with Crippen LogP contribution in [0, 0.1) is 20.8 Å². The van der Waals surface area contributed by atoms with Crippen molar-refractivity contribution in [1.29, 1.82) is 0 Å². The van der Waals surface area contributed by atoms with E-state index in [1.165, 1.54) is 0 Å². The van der Waals surface area contributed by atoms with Crippen molar-refractivity contribution in [2.45, 2.75) is 27.4 Å². The van der Waals surface area contributed by atoms with Gasteiger partial charge in [0.25, 0.3) is 0 Å². The summed E-state index contributed by atoms with van der Waals surface area (Å²) in [5.74, 6) is 1.60. The van der Waals surface area contributed by atoms with Gasteiger partial charge in [0.05, 0.1) is 14.2 Å². The third-order valence-corrected chi connectivity index (χ3v) is 3.82. The van der Waals surface area contributed by atoms with E-state index in [0.717, 1.165) is 28.0 Å². The molecule has 5 nitrogen and oxygen atoms in total. The average Bonchev–Trinajstić information content (AvgIpc) is 2.58. The molecule has 2 aromatic rings. The van der Waals surface area contributed by atoms with Crippen molar-refractivity contribution in [3.63, 3.8) is 0 Å². The topological polar surface area (TPSA) is 54.0 Å². The Morgan fingerprint density at radius 1 is 0.960 bits per heavy atom. The lowest BCUT2D eigenvalue weighted by Gasteiger charge is -2.14. The van der Waals surface area contributed by atoms with Crippen LogP contribution in [0.25, 0.3) is 0 Å². The first kappa shape index (κ1) is 18.6. The summed E-state index contributed by atoms with van der Waals surface area (Å²) in [6, 6.07) is 9.39. The second kappa shape index (κ2) is 8.42. The zero-order valence-electron chi connectivity index (χ0n) is 15.3. The largest absolute Gasteiger partial charge is 0.497 e. The van der Waals surface area contributed by atoms with Gasteiger partial charge in [0, 0.05) is 5.56 Å². The number of carbonyl (C=O) groups is 1. The minimum Gasteiger partial charge on any atom is -0.497 e. The van der Waals surface area contributed by atoms with E-state index in [9.17, 15) is 4.79 Å². The Balaban J connectivity index is 1.96. The van der Waals surface area contributed by atoms with E-state index in [2.05, 4.69) is 0 Å². The van der Waals surface area contributed by atoms with Gasteiger partial charge in [0.15, 0.2) is 6.61 Å². The molecule has 0 atom stereocenters. The molecule has 0 bridgehead atoms. The molecule has 0 radical (unpaired) electrons. The van der Waals surface area contributed by atoms with Gasteiger partial charge in [0.2, 0.25) is 0 Å². The molecule has 5 heteroatoms. The number of aryl methyl sites for hydroxylation is 3. The Bertz CT molecular complexity index is 729. The van der Waals surface area contributed by atoms with Gasteiger partial charge < -0.3 is 18.9 Å². The molecule has 0 spiro atoms. The van der Waals surface area contributed by atoms with Gasteiger partial charge in [-0.3, -0.25) is 0 Å². The quantitative estimate of drug-likeness (QED) is 0.716. The van der Waals surface area contributed by atoms with E-state index in [1.807, 2.05) is 32.9 Å². The number of hydrogen-bond donors (Lipinski definition) is 0. The van der Waals surface area contributed by atoms with Crippen LogP contribution in [-0.4, -0.2) is 26.8 Å². The molecule has 134 valence electrons. The highest BCUT2D eigenvalue weighted by Gasteiger charge is 2.11. The number of hydrogen-bond acceptors (Lipinski definition) is 5. The molecule has 0 unspecified atom stereocenters. The first-order valence-corrected chi connectivity index (χ1v) is 8.01. The molecule has 0 aliphatic carbocycles. The summed E-state index contributed by atoms with van der Waals surface area (Å²) in [5, 5.41) is 0. The maximum absolute atomic E-state index is 12.0. The van der Waals surface area contributed by atoms with Crippen LogP contribution in [0.2, 0.25) is 0 Å². The highest BCUT2D eigenvalue weighted by molar-refractivity contribution is 5.71. The summed E-state index contributed by atoms with van der Waals surface area (Å²) >= 11 is 0. The Morgan fingerprint density at radius 2 is 1.64 bits per heavy atom. The van der Waals surface area contributed by atoms with Crippen LogP contribution < -0.4 is 14.2 Å². The van der Waals surface area contributed by atoms with E-state index < -0.39 is 5.97 Å².